The van der Waals surface area contributed by atoms with E-state index in [1.807, 2.05) is 48.5 Å². The van der Waals surface area contributed by atoms with Crippen LogP contribution in [0.15, 0.2) is 66.7 Å². The molecule has 0 spiro atoms. The van der Waals surface area contributed by atoms with Crippen LogP contribution in [0.1, 0.15) is 27.4 Å². The molecule has 0 amide bonds. The molecule has 1 aliphatic heterocycles. The molecule has 3 aromatic carbocycles. The van der Waals surface area contributed by atoms with Crippen molar-refractivity contribution in [1.82, 2.24) is 4.90 Å². The number of hydrogen-bond acceptors (Lipinski definition) is 4. The number of likely N-dealkylation sites (tertiary alicyclic amines) is 1. The van der Waals surface area contributed by atoms with Gasteiger partial charge in [-0.05, 0) is 34.0 Å². The monoisotopic (exact) mass is 370 g/mol. The Labute approximate surface area is 165 Å². The Balaban J connectivity index is 1.71. The maximum absolute atomic E-state index is 12.5. The van der Waals surface area contributed by atoms with Crippen LogP contribution in [-0.4, -0.2) is 31.1 Å². The molecule has 4 rings (SSSR count). The zero-order valence-electron chi connectivity index (χ0n) is 15.8. The van der Waals surface area contributed by atoms with Gasteiger partial charge in [-0.15, -0.1) is 0 Å². The van der Waals surface area contributed by atoms with Gasteiger partial charge in [0, 0.05) is 25.6 Å². The molecule has 4 nitrogen and oxygen atoms in total. The van der Waals surface area contributed by atoms with Crippen LogP contribution < -0.4 is 0 Å². The van der Waals surface area contributed by atoms with Gasteiger partial charge in [0.15, 0.2) is 0 Å². The summed E-state index contributed by atoms with van der Waals surface area (Å²) in [4.78, 5) is 14.8. The maximum atomic E-state index is 12.5. The van der Waals surface area contributed by atoms with Crippen molar-refractivity contribution in [3.63, 3.8) is 0 Å². The summed E-state index contributed by atoms with van der Waals surface area (Å²) < 4.78 is 5.04. The van der Waals surface area contributed by atoms with E-state index in [1.165, 1.54) is 12.7 Å². The summed E-state index contributed by atoms with van der Waals surface area (Å²) in [5.41, 5.74) is 2.70. The number of methoxy groups -OCH3 is 1. The van der Waals surface area contributed by atoms with Crippen molar-refractivity contribution in [1.29, 1.82) is 5.26 Å². The maximum Gasteiger partial charge on any atom is 0.338 e. The largest absolute Gasteiger partial charge is 0.465 e. The number of esters is 1. The number of fused-ring (bicyclic) bond motifs is 1. The Morgan fingerprint density at radius 3 is 2.43 bits per heavy atom. The molecule has 1 saturated heterocycles. The number of ether oxygens (including phenoxy) is 1. The highest BCUT2D eigenvalue weighted by molar-refractivity contribution is 5.97. The van der Waals surface area contributed by atoms with Crippen LogP contribution in [0.5, 0.6) is 0 Å². The molecule has 1 aliphatic rings. The van der Waals surface area contributed by atoms with Gasteiger partial charge in [-0.3, -0.25) is 4.90 Å². The molecule has 2 unspecified atom stereocenters. The van der Waals surface area contributed by atoms with Crippen molar-refractivity contribution in [2.45, 2.75) is 12.5 Å². The first-order valence-electron chi connectivity index (χ1n) is 9.46. The molecule has 2 atom stereocenters. The summed E-state index contributed by atoms with van der Waals surface area (Å²) in [6, 6.07) is 24.7. The summed E-state index contributed by atoms with van der Waals surface area (Å²) in [5, 5.41) is 11.9. The highest BCUT2D eigenvalue weighted by Crippen LogP contribution is 2.37. The fraction of sp³-hybridized carbons (Fsp3) is 0.250. The van der Waals surface area contributed by atoms with Crippen molar-refractivity contribution < 1.29 is 9.53 Å². The molecule has 28 heavy (non-hydrogen) atoms. The first-order chi connectivity index (χ1) is 13.7. The third-order valence-electron chi connectivity index (χ3n) is 5.53. The number of rotatable bonds is 4. The predicted molar refractivity (Wildman–Crippen MR) is 109 cm³/mol. The van der Waals surface area contributed by atoms with Crippen LogP contribution in [0.25, 0.3) is 10.8 Å². The van der Waals surface area contributed by atoms with Crippen molar-refractivity contribution in [2.75, 3.05) is 20.2 Å². The Morgan fingerprint density at radius 2 is 1.75 bits per heavy atom. The molecular weight excluding hydrogens is 348 g/mol. The first-order valence-corrected chi connectivity index (χ1v) is 9.46. The second kappa shape index (κ2) is 7.84. The van der Waals surface area contributed by atoms with Gasteiger partial charge < -0.3 is 4.74 Å². The van der Waals surface area contributed by atoms with E-state index in [0.29, 0.717) is 12.1 Å². The van der Waals surface area contributed by atoms with E-state index in [2.05, 4.69) is 29.2 Å². The zero-order valence-corrected chi connectivity index (χ0v) is 15.8. The van der Waals surface area contributed by atoms with Gasteiger partial charge in [0.1, 0.15) is 0 Å². The van der Waals surface area contributed by atoms with E-state index in [1.54, 1.807) is 0 Å². The number of benzene rings is 3. The van der Waals surface area contributed by atoms with Gasteiger partial charge in [-0.1, -0.05) is 54.6 Å². The molecule has 140 valence electrons. The van der Waals surface area contributed by atoms with Gasteiger partial charge in [-0.2, -0.15) is 5.26 Å². The van der Waals surface area contributed by atoms with Crippen LogP contribution >= 0.6 is 0 Å². The Hall–Kier alpha value is -3.16. The molecule has 0 aromatic heterocycles. The highest BCUT2D eigenvalue weighted by atomic mass is 16.5. The number of hydrogen-bond donors (Lipinski definition) is 0. The van der Waals surface area contributed by atoms with Gasteiger partial charge in [0.2, 0.25) is 0 Å². The summed E-state index contributed by atoms with van der Waals surface area (Å²) in [7, 11) is 1.40. The SMILES string of the molecule is COC(=O)c1cc2ccccc2cc1C1CN(Cc2ccccc2)CC1C#N. The standard InChI is InChI=1S/C24H22N2O2/c1-28-24(27)22-12-19-10-6-5-9-18(19)11-21(22)23-16-26(15-20(23)13-25)14-17-7-3-2-4-8-17/h2-12,20,23H,14-16H2,1H3. The summed E-state index contributed by atoms with van der Waals surface area (Å²) in [5.74, 6) is -0.528. The Kier molecular flexibility index (Phi) is 5.10. The fourth-order valence-electron chi connectivity index (χ4n) is 4.15. The fourth-order valence-corrected chi connectivity index (χ4v) is 4.15. The molecule has 0 N–H and O–H groups in total. The van der Waals surface area contributed by atoms with Crippen LogP contribution in [0.4, 0.5) is 0 Å². The minimum Gasteiger partial charge on any atom is -0.465 e. The van der Waals surface area contributed by atoms with Gasteiger partial charge in [0.05, 0.1) is 24.7 Å². The third-order valence-corrected chi connectivity index (χ3v) is 5.53. The molecule has 0 aliphatic carbocycles. The van der Waals surface area contributed by atoms with Crippen LogP contribution in [-0.2, 0) is 11.3 Å². The minimum absolute atomic E-state index is 0.0209. The van der Waals surface area contributed by atoms with Crippen LogP contribution in [0.2, 0.25) is 0 Å². The predicted octanol–water partition coefficient (Wildman–Crippen LogP) is 4.37. The van der Waals surface area contributed by atoms with E-state index < -0.39 is 0 Å². The summed E-state index contributed by atoms with van der Waals surface area (Å²) >= 11 is 0. The topological polar surface area (TPSA) is 53.3 Å². The Morgan fingerprint density at radius 1 is 1.07 bits per heavy atom. The van der Waals surface area contributed by atoms with Crippen molar-refractivity contribution in [2.24, 2.45) is 5.92 Å². The lowest BCUT2D eigenvalue weighted by atomic mass is 9.85. The molecule has 1 heterocycles. The van der Waals surface area contributed by atoms with Gasteiger partial charge in [0.25, 0.3) is 0 Å². The number of carbonyl (C=O) groups is 1. The molecular formula is C24H22N2O2. The van der Waals surface area contributed by atoms with E-state index in [0.717, 1.165) is 29.4 Å². The molecule has 4 heteroatoms. The average Bonchev–Trinajstić information content (AvgIpc) is 3.15. The van der Waals surface area contributed by atoms with Gasteiger partial charge in [-0.25, -0.2) is 4.79 Å². The molecule has 1 fully saturated rings. The lowest BCUT2D eigenvalue weighted by molar-refractivity contribution is 0.0599. The smallest absolute Gasteiger partial charge is 0.338 e. The molecule has 0 bridgehead atoms. The average molecular weight is 370 g/mol. The normalized spacial score (nSPS) is 19.4. The summed E-state index contributed by atoms with van der Waals surface area (Å²) in [6.07, 6.45) is 0. The number of nitrogens with zero attached hydrogens (tertiary/aromatic N) is 2. The minimum atomic E-state index is -0.348. The molecule has 0 radical (unpaired) electrons. The van der Waals surface area contributed by atoms with Crippen LogP contribution in [0, 0.1) is 17.2 Å². The molecule has 3 aromatic rings. The van der Waals surface area contributed by atoms with E-state index >= 15 is 0 Å². The van der Waals surface area contributed by atoms with Gasteiger partial charge >= 0.3 is 5.97 Å². The lowest BCUT2D eigenvalue weighted by Crippen LogP contribution is -2.20. The zero-order chi connectivity index (χ0) is 19.5. The summed E-state index contributed by atoms with van der Waals surface area (Å²) in [6.45, 7) is 2.25. The highest BCUT2D eigenvalue weighted by Gasteiger charge is 2.36. The quantitative estimate of drug-likeness (QED) is 0.640. The van der Waals surface area contributed by atoms with E-state index in [4.69, 9.17) is 4.74 Å². The van der Waals surface area contributed by atoms with E-state index in [9.17, 15) is 10.1 Å². The number of carbonyl (C=O) groups excluding carboxylic acids is 1. The number of nitriles is 1. The second-order valence-electron chi connectivity index (χ2n) is 7.30. The van der Waals surface area contributed by atoms with Crippen molar-refractivity contribution >= 4 is 16.7 Å². The van der Waals surface area contributed by atoms with Crippen molar-refractivity contribution in [3.05, 3.63) is 83.4 Å². The third kappa shape index (κ3) is 3.49. The van der Waals surface area contributed by atoms with E-state index in [-0.39, 0.29) is 17.8 Å². The first kappa shape index (κ1) is 18.2. The molecule has 0 saturated carbocycles. The van der Waals surface area contributed by atoms with Crippen LogP contribution in [0.3, 0.4) is 0 Å². The van der Waals surface area contributed by atoms with Crippen molar-refractivity contribution in [3.8, 4) is 6.07 Å². The Bertz CT molecular complexity index is 1040. The lowest BCUT2D eigenvalue weighted by Gasteiger charge is -2.19. The second-order valence-corrected chi connectivity index (χ2v) is 7.30.